The Morgan fingerprint density at radius 1 is 1.06 bits per heavy atom. The van der Waals surface area contributed by atoms with Crippen LogP contribution in [0.2, 0.25) is 5.02 Å². The third-order valence-corrected chi connectivity index (χ3v) is 6.16. The third kappa shape index (κ3) is 4.49. The van der Waals surface area contributed by atoms with E-state index in [9.17, 15) is 14.9 Å². The normalized spacial score (nSPS) is 10.9. The third-order valence-electron chi connectivity index (χ3n) is 5.63. The average Bonchev–Trinajstić information content (AvgIpc) is 3.27. The molecule has 0 aliphatic carbocycles. The summed E-state index contributed by atoms with van der Waals surface area (Å²) in [4.78, 5) is 27.7. The number of rotatable bonds is 4. The number of hydrogen-bond acceptors (Lipinski definition) is 6. The smallest absolute Gasteiger partial charge is 0.272 e. The zero-order chi connectivity index (χ0) is 25.4. The van der Waals surface area contributed by atoms with Gasteiger partial charge in [-0.2, -0.15) is 0 Å². The van der Waals surface area contributed by atoms with E-state index in [0.29, 0.717) is 33.3 Å². The van der Waals surface area contributed by atoms with E-state index in [2.05, 4.69) is 15.6 Å². The van der Waals surface area contributed by atoms with Gasteiger partial charge in [-0.3, -0.25) is 20.2 Å². The van der Waals surface area contributed by atoms with Crippen LogP contribution in [-0.4, -0.2) is 20.9 Å². The Bertz CT molecular complexity index is 1700. The molecule has 8 nitrogen and oxygen atoms in total. The molecule has 0 fully saturated rings. The molecule has 1 heterocycles. The second-order valence-corrected chi connectivity index (χ2v) is 8.82. The van der Waals surface area contributed by atoms with E-state index in [1.807, 2.05) is 36.4 Å². The summed E-state index contributed by atoms with van der Waals surface area (Å²) in [6.07, 6.45) is 0. The number of amides is 1. The SMILES string of the molecule is Cc1cc(C(=O)NC(=S)Nc2ccc3oc(-c4cccc5c(Cl)cccc45)nc3c2)ccc1[N+](=O)[O-]. The molecule has 2 N–H and O–H groups in total. The maximum Gasteiger partial charge on any atom is 0.272 e. The van der Waals surface area contributed by atoms with Gasteiger partial charge in [0, 0.05) is 38.9 Å². The van der Waals surface area contributed by atoms with Gasteiger partial charge >= 0.3 is 0 Å². The highest BCUT2D eigenvalue weighted by Crippen LogP contribution is 2.34. The number of thiocarbonyl (C=S) groups is 1. The molecule has 0 aliphatic heterocycles. The van der Waals surface area contributed by atoms with Gasteiger partial charge in [-0.05, 0) is 67.0 Å². The lowest BCUT2D eigenvalue weighted by Crippen LogP contribution is -2.34. The van der Waals surface area contributed by atoms with Crippen LogP contribution in [0.25, 0.3) is 33.3 Å². The van der Waals surface area contributed by atoms with E-state index in [1.165, 1.54) is 18.2 Å². The second kappa shape index (κ2) is 9.37. The Kier molecular flexibility index (Phi) is 6.09. The van der Waals surface area contributed by atoms with Gasteiger partial charge in [0.1, 0.15) is 5.52 Å². The van der Waals surface area contributed by atoms with Crippen LogP contribution in [0.1, 0.15) is 15.9 Å². The average molecular weight is 517 g/mol. The fraction of sp³-hybridized carbons (Fsp3) is 0.0385. The van der Waals surface area contributed by atoms with Crippen LogP contribution in [0.15, 0.2) is 77.2 Å². The lowest BCUT2D eigenvalue weighted by molar-refractivity contribution is -0.385. The van der Waals surface area contributed by atoms with Gasteiger partial charge in [0.05, 0.1) is 4.92 Å². The molecular formula is C26H17ClN4O4S. The Balaban J connectivity index is 1.35. The lowest BCUT2D eigenvalue weighted by atomic mass is 10.0. The molecule has 36 heavy (non-hydrogen) atoms. The van der Waals surface area contributed by atoms with E-state index in [4.69, 9.17) is 28.2 Å². The highest BCUT2D eigenvalue weighted by Gasteiger charge is 2.16. The second-order valence-electron chi connectivity index (χ2n) is 8.01. The number of aromatic nitrogens is 1. The first kappa shape index (κ1) is 23.4. The summed E-state index contributed by atoms with van der Waals surface area (Å²) in [7, 11) is 0. The first-order valence-electron chi connectivity index (χ1n) is 10.8. The molecule has 0 atom stereocenters. The monoisotopic (exact) mass is 516 g/mol. The fourth-order valence-electron chi connectivity index (χ4n) is 3.92. The summed E-state index contributed by atoms with van der Waals surface area (Å²) in [5.41, 5.74) is 3.20. The summed E-state index contributed by atoms with van der Waals surface area (Å²) in [6, 6.07) is 20.8. The van der Waals surface area contributed by atoms with E-state index in [-0.39, 0.29) is 16.4 Å². The number of fused-ring (bicyclic) bond motifs is 2. The Morgan fingerprint density at radius 3 is 2.61 bits per heavy atom. The minimum atomic E-state index is -0.496. The fourth-order valence-corrected chi connectivity index (χ4v) is 4.37. The molecule has 0 bridgehead atoms. The minimum absolute atomic E-state index is 0.0564. The van der Waals surface area contributed by atoms with Crippen LogP contribution in [0.3, 0.4) is 0 Å². The first-order chi connectivity index (χ1) is 17.3. The molecule has 178 valence electrons. The van der Waals surface area contributed by atoms with Gasteiger partial charge in [-0.15, -0.1) is 0 Å². The van der Waals surface area contributed by atoms with Gasteiger partial charge in [0.15, 0.2) is 10.7 Å². The van der Waals surface area contributed by atoms with Gasteiger partial charge in [-0.1, -0.05) is 35.9 Å². The Hall–Kier alpha value is -4.34. The van der Waals surface area contributed by atoms with Crippen LogP contribution in [0.5, 0.6) is 0 Å². The number of halogens is 1. The molecule has 0 saturated heterocycles. The molecule has 4 aromatic carbocycles. The summed E-state index contributed by atoms with van der Waals surface area (Å²) < 4.78 is 5.99. The van der Waals surface area contributed by atoms with Crippen molar-refractivity contribution >= 4 is 68.1 Å². The molecule has 0 saturated carbocycles. The molecule has 0 radical (unpaired) electrons. The highest BCUT2D eigenvalue weighted by atomic mass is 35.5. The van der Waals surface area contributed by atoms with Gasteiger partial charge < -0.3 is 9.73 Å². The summed E-state index contributed by atoms with van der Waals surface area (Å²) in [5.74, 6) is -0.0237. The largest absolute Gasteiger partial charge is 0.436 e. The van der Waals surface area contributed by atoms with Crippen LogP contribution in [-0.2, 0) is 0 Å². The molecule has 5 aromatic rings. The predicted molar refractivity (Wildman–Crippen MR) is 143 cm³/mol. The van der Waals surface area contributed by atoms with E-state index >= 15 is 0 Å². The topological polar surface area (TPSA) is 110 Å². The number of carbonyl (C=O) groups excluding carboxylic acids is 1. The summed E-state index contributed by atoms with van der Waals surface area (Å²) in [6.45, 7) is 1.57. The minimum Gasteiger partial charge on any atom is -0.436 e. The van der Waals surface area contributed by atoms with Crippen molar-refractivity contribution in [3.05, 3.63) is 99.1 Å². The zero-order valence-corrected chi connectivity index (χ0v) is 20.3. The number of nitro groups is 1. The number of hydrogen-bond donors (Lipinski definition) is 2. The van der Waals surface area contributed by atoms with Crippen molar-refractivity contribution in [3.63, 3.8) is 0 Å². The first-order valence-corrected chi connectivity index (χ1v) is 11.5. The molecule has 0 unspecified atom stereocenters. The highest BCUT2D eigenvalue weighted by molar-refractivity contribution is 7.80. The lowest BCUT2D eigenvalue weighted by Gasteiger charge is -2.10. The number of anilines is 1. The molecule has 0 spiro atoms. The molecule has 1 amide bonds. The number of nitrogens with zero attached hydrogens (tertiary/aromatic N) is 2. The van der Waals surface area contributed by atoms with Crippen molar-refractivity contribution in [2.75, 3.05) is 5.32 Å². The summed E-state index contributed by atoms with van der Waals surface area (Å²) >= 11 is 11.6. The van der Waals surface area contributed by atoms with Crippen LogP contribution in [0, 0.1) is 17.0 Å². The van der Waals surface area contributed by atoms with Crippen LogP contribution >= 0.6 is 23.8 Å². The van der Waals surface area contributed by atoms with Crippen molar-refractivity contribution in [3.8, 4) is 11.5 Å². The Morgan fingerprint density at radius 2 is 1.83 bits per heavy atom. The number of nitro benzene ring substituents is 1. The van der Waals surface area contributed by atoms with Crippen molar-refractivity contribution in [1.29, 1.82) is 0 Å². The Labute approximate surface area is 215 Å². The quantitative estimate of drug-likeness (QED) is 0.156. The molecule has 0 aliphatic rings. The van der Waals surface area contributed by atoms with Crippen molar-refractivity contribution < 1.29 is 14.1 Å². The van der Waals surface area contributed by atoms with Gasteiger partial charge in [0.25, 0.3) is 11.6 Å². The van der Waals surface area contributed by atoms with Crippen LogP contribution < -0.4 is 10.6 Å². The molecule has 1 aromatic heterocycles. The number of oxazole rings is 1. The number of aryl methyl sites for hydroxylation is 1. The zero-order valence-electron chi connectivity index (χ0n) is 18.7. The van der Waals surface area contributed by atoms with Crippen molar-refractivity contribution in [2.45, 2.75) is 6.92 Å². The maximum atomic E-state index is 12.5. The van der Waals surface area contributed by atoms with Crippen LogP contribution in [0.4, 0.5) is 11.4 Å². The van der Waals surface area contributed by atoms with Gasteiger partial charge in [0.2, 0.25) is 5.89 Å². The van der Waals surface area contributed by atoms with Crippen molar-refractivity contribution in [2.24, 2.45) is 0 Å². The maximum absolute atomic E-state index is 12.5. The standard InChI is InChI=1S/C26H17ClN4O4S/c1-14-12-15(8-10-22(14)31(33)34)24(32)30-26(36)28-16-9-11-23-21(13-16)29-25(35-23)19-6-2-5-18-17(19)4-3-7-20(18)27/h2-13H,1H3,(H2,28,30,32,36). The predicted octanol–water partition coefficient (Wildman–Crippen LogP) is 6.64. The van der Waals surface area contributed by atoms with E-state index < -0.39 is 10.8 Å². The number of nitrogens with one attached hydrogen (secondary N) is 2. The molecule has 10 heteroatoms. The van der Waals surface area contributed by atoms with Crippen molar-refractivity contribution in [1.82, 2.24) is 10.3 Å². The van der Waals surface area contributed by atoms with E-state index in [1.54, 1.807) is 25.1 Å². The van der Waals surface area contributed by atoms with E-state index in [0.717, 1.165) is 16.3 Å². The molecular weight excluding hydrogens is 500 g/mol. The number of benzene rings is 4. The number of carbonyl (C=O) groups is 1. The molecule has 5 rings (SSSR count). The summed E-state index contributed by atoms with van der Waals surface area (Å²) in [5, 5.41) is 19.1. The van der Waals surface area contributed by atoms with Gasteiger partial charge in [-0.25, -0.2) is 4.98 Å².